The predicted octanol–water partition coefficient (Wildman–Crippen LogP) is 6.52. The number of amides is 1. The molecule has 31 heavy (non-hydrogen) atoms. The standard InChI is InChI=1S/C26H23BrN2O2/c1-18(14-15-19-8-3-2-4-9-19)29-25(30)22-12-5-6-13-23(22)26-28-17-24(31-26)20-10-7-11-21(27)16-20/h2-13,16-18H,14-15H2,1H3,(H,29,30)/t18-/m0/s1. The van der Waals surface area contributed by atoms with Crippen LogP contribution in [0.15, 0.2) is 93.9 Å². The molecule has 0 radical (unpaired) electrons. The van der Waals surface area contributed by atoms with Crippen molar-refractivity contribution in [3.63, 3.8) is 0 Å². The molecule has 0 saturated carbocycles. The molecule has 1 N–H and O–H groups in total. The monoisotopic (exact) mass is 474 g/mol. The molecule has 4 nitrogen and oxygen atoms in total. The number of carbonyl (C=O) groups is 1. The SMILES string of the molecule is C[C@@H](CCc1ccccc1)NC(=O)c1ccccc1-c1ncc(-c2cccc(Br)c2)o1. The van der Waals surface area contributed by atoms with E-state index in [9.17, 15) is 4.79 Å². The van der Waals surface area contributed by atoms with Gasteiger partial charge in [0.05, 0.1) is 11.8 Å². The van der Waals surface area contributed by atoms with Crippen LogP contribution in [0, 0.1) is 0 Å². The van der Waals surface area contributed by atoms with Crippen molar-refractivity contribution in [1.82, 2.24) is 10.3 Å². The lowest BCUT2D eigenvalue weighted by atomic mass is 10.0. The van der Waals surface area contributed by atoms with E-state index < -0.39 is 0 Å². The fourth-order valence-corrected chi connectivity index (χ4v) is 3.84. The van der Waals surface area contributed by atoms with Gasteiger partial charge in [-0.1, -0.05) is 70.5 Å². The lowest BCUT2D eigenvalue weighted by Gasteiger charge is -2.15. The number of nitrogens with zero attached hydrogens (tertiary/aromatic N) is 1. The topological polar surface area (TPSA) is 55.1 Å². The first-order valence-electron chi connectivity index (χ1n) is 10.3. The zero-order valence-corrected chi connectivity index (χ0v) is 18.8. The highest BCUT2D eigenvalue weighted by Crippen LogP contribution is 2.29. The largest absolute Gasteiger partial charge is 0.436 e. The molecule has 0 unspecified atom stereocenters. The van der Waals surface area contributed by atoms with E-state index in [2.05, 4.69) is 38.4 Å². The molecule has 1 aromatic heterocycles. The summed E-state index contributed by atoms with van der Waals surface area (Å²) in [5, 5.41) is 3.11. The predicted molar refractivity (Wildman–Crippen MR) is 127 cm³/mol. The second-order valence-corrected chi connectivity index (χ2v) is 8.40. The second kappa shape index (κ2) is 9.75. The molecule has 0 saturated heterocycles. The van der Waals surface area contributed by atoms with Crippen molar-refractivity contribution in [2.24, 2.45) is 0 Å². The number of halogens is 1. The summed E-state index contributed by atoms with van der Waals surface area (Å²) < 4.78 is 6.96. The Balaban J connectivity index is 1.49. The fourth-order valence-electron chi connectivity index (χ4n) is 3.44. The van der Waals surface area contributed by atoms with Crippen LogP contribution in [0.1, 0.15) is 29.3 Å². The number of rotatable bonds is 7. The third-order valence-corrected chi connectivity index (χ3v) is 5.60. The van der Waals surface area contributed by atoms with Gasteiger partial charge in [0.15, 0.2) is 5.76 Å². The van der Waals surface area contributed by atoms with E-state index in [-0.39, 0.29) is 11.9 Å². The van der Waals surface area contributed by atoms with Gasteiger partial charge >= 0.3 is 0 Å². The van der Waals surface area contributed by atoms with Crippen molar-refractivity contribution in [3.8, 4) is 22.8 Å². The molecule has 0 fully saturated rings. The van der Waals surface area contributed by atoms with Gasteiger partial charge in [-0.2, -0.15) is 0 Å². The lowest BCUT2D eigenvalue weighted by Crippen LogP contribution is -2.33. The van der Waals surface area contributed by atoms with Crippen molar-refractivity contribution >= 4 is 21.8 Å². The highest BCUT2D eigenvalue weighted by Gasteiger charge is 2.18. The number of hydrogen-bond acceptors (Lipinski definition) is 3. The van der Waals surface area contributed by atoms with Crippen LogP contribution in [0.25, 0.3) is 22.8 Å². The molecule has 0 bridgehead atoms. The van der Waals surface area contributed by atoms with E-state index in [1.165, 1.54) is 5.56 Å². The summed E-state index contributed by atoms with van der Waals surface area (Å²) in [6, 6.07) is 25.6. The molecule has 0 spiro atoms. The van der Waals surface area contributed by atoms with Crippen LogP contribution in [0.5, 0.6) is 0 Å². The molecule has 4 rings (SSSR count). The van der Waals surface area contributed by atoms with Crippen LogP contribution in [0.2, 0.25) is 0 Å². The van der Waals surface area contributed by atoms with Gasteiger partial charge in [0.25, 0.3) is 5.91 Å². The molecule has 1 atom stereocenters. The molecule has 3 aromatic carbocycles. The van der Waals surface area contributed by atoms with E-state index in [1.807, 2.05) is 67.6 Å². The highest BCUT2D eigenvalue weighted by atomic mass is 79.9. The molecule has 156 valence electrons. The molecule has 0 aliphatic carbocycles. The first kappa shape index (κ1) is 21.1. The van der Waals surface area contributed by atoms with E-state index in [0.717, 1.165) is 22.9 Å². The summed E-state index contributed by atoms with van der Waals surface area (Å²) in [6.45, 7) is 2.03. The van der Waals surface area contributed by atoms with Gasteiger partial charge < -0.3 is 9.73 Å². The Hall–Kier alpha value is -3.18. The van der Waals surface area contributed by atoms with Gasteiger partial charge in [-0.05, 0) is 49.6 Å². The lowest BCUT2D eigenvalue weighted by molar-refractivity contribution is 0.0939. The zero-order chi connectivity index (χ0) is 21.6. The Labute approximate surface area is 190 Å². The maximum Gasteiger partial charge on any atom is 0.252 e. The van der Waals surface area contributed by atoms with Crippen molar-refractivity contribution in [2.45, 2.75) is 25.8 Å². The molecular formula is C26H23BrN2O2. The van der Waals surface area contributed by atoms with E-state index in [1.54, 1.807) is 12.3 Å². The van der Waals surface area contributed by atoms with Crippen molar-refractivity contribution in [1.29, 1.82) is 0 Å². The third kappa shape index (κ3) is 5.30. The summed E-state index contributed by atoms with van der Waals surface area (Å²) in [5.74, 6) is 0.957. The molecule has 0 aliphatic rings. The Morgan fingerprint density at radius 3 is 2.61 bits per heavy atom. The first-order valence-corrected chi connectivity index (χ1v) is 11.1. The number of hydrogen-bond donors (Lipinski definition) is 1. The number of oxazole rings is 1. The summed E-state index contributed by atoms with van der Waals surface area (Å²) in [5.41, 5.74) is 3.42. The molecule has 4 aromatic rings. The second-order valence-electron chi connectivity index (χ2n) is 7.48. The van der Waals surface area contributed by atoms with Crippen LogP contribution in [-0.2, 0) is 6.42 Å². The maximum absolute atomic E-state index is 13.0. The molecular weight excluding hydrogens is 452 g/mol. The molecule has 5 heteroatoms. The highest BCUT2D eigenvalue weighted by molar-refractivity contribution is 9.10. The van der Waals surface area contributed by atoms with Crippen LogP contribution in [0.3, 0.4) is 0 Å². The quantitative estimate of drug-likeness (QED) is 0.331. The van der Waals surface area contributed by atoms with Gasteiger partial charge in [-0.25, -0.2) is 4.98 Å². The number of nitrogens with one attached hydrogen (secondary N) is 1. The smallest absolute Gasteiger partial charge is 0.252 e. The van der Waals surface area contributed by atoms with E-state index in [0.29, 0.717) is 22.8 Å². The van der Waals surface area contributed by atoms with Crippen molar-refractivity contribution in [3.05, 3.63) is 101 Å². The molecule has 0 aliphatic heterocycles. The van der Waals surface area contributed by atoms with Gasteiger partial charge in [0, 0.05) is 21.6 Å². The van der Waals surface area contributed by atoms with Crippen LogP contribution >= 0.6 is 15.9 Å². The van der Waals surface area contributed by atoms with Crippen LogP contribution in [-0.4, -0.2) is 16.9 Å². The van der Waals surface area contributed by atoms with E-state index in [4.69, 9.17) is 4.42 Å². The summed E-state index contributed by atoms with van der Waals surface area (Å²) in [7, 11) is 0. The number of benzene rings is 3. The average Bonchev–Trinajstić information content (AvgIpc) is 3.29. The number of aryl methyl sites for hydroxylation is 1. The summed E-state index contributed by atoms with van der Waals surface area (Å²) >= 11 is 3.48. The number of carbonyl (C=O) groups excluding carboxylic acids is 1. The normalized spacial score (nSPS) is 11.8. The van der Waals surface area contributed by atoms with E-state index >= 15 is 0 Å². The van der Waals surface area contributed by atoms with Crippen molar-refractivity contribution in [2.75, 3.05) is 0 Å². The molecule has 1 heterocycles. The Kier molecular flexibility index (Phi) is 6.63. The minimum Gasteiger partial charge on any atom is -0.436 e. The Morgan fingerprint density at radius 2 is 1.81 bits per heavy atom. The van der Waals surface area contributed by atoms with Gasteiger partial charge in [0.2, 0.25) is 5.89 Å². The average molecular weight is 475 g/mol. The van der Waals surface area contributed by atoms with Gasteiger partial charge in [0.1, 0.15) is 0 Å². The van der Waals surface area contributed by atoms with Gasteiger partial charge in [-0.15, -0.1) is 0 Å². The number of aromatic nitrogens is 1. The summed E-state index contributed by atoms with van der Waals surface area (Å²) in [4.78, 5) is 17.4. The van der Waals surface area contributed by atoms with Gasteiger partial charge in [-0.3, -0.25) is 4.79 Å². The zero-order valence-electron chi connectivity index (χ0n) is 17.2. The molecule has 1 amide bonds. The van der Waals surface area contributed by atoms with Crippen LogP contribution < -0.4 is 5.32 Å². The Bertz CT molecular complexity index is 1170. The third-order valence-electron chi connectivity index (χ3n) is 5.10. The van der Waals surface area contributed by atoms with Crippen molar-refractivity contribution < 1.29 is 9.21 Å². The maximum atomic E-state index is 13.0. The minimum atomic E-state index is -0.127. The summed E-state index contributed by atoms with van der Waals surface area (Å²) in [6.07, 6.45) is 3.47. The fraction of sp³-hybridized carbons (Fsp3) is 0.154. The minimum absolute atomic E-state index is 0.0440. The van der Waals surface area contributed by atoms with Crippen LogP contribution in [0.4, 0.5) is 0 Å². The first-order chi connectivity index (χ1) is 15.1. The Morgan fingerprint density at radius 1 is 1.03 bits per heavy atom.